The summed E-state index contributed by atoms with van der Waals surface area (Å²) in [6.45, 7) is 4.35. The van der Waals surface area contributed by atoms with Crippen LogP contribution in [0.4, 0.5) is 11.5 Å². The largest absolute Gasteiger partial charge is 0.477 e. The van der Waals surface area contributed by atoms with Gasteiger partial charge < -0.3 is 26.2 Å². The van der Waals surface area contributed by atoms with Crippen LogP contribution >= 0.6 is 11.3 Å². The van der Waals surface area contributed by atoms with Gasteiger partial charge in [-0.15, -0.1) is 11.3 Å². The number of anilines is 2. The maximum atomic E-state index is 11.6. The number of nitrogens with zero attached hydrogens (tertiary/aromatic N) is 2. The van der Waals surface area contributed by atoms with Crippen LogP contribution in [0, 0.1) is 0 Å². The van der Waals surface area contributed by atoms with Crippen LogP contribution in [0.2, 0.25) is 0 Å². The van der Waals surface area contributed by atoms with Gasteiger partial charge in [-0.3, -0.25) is 0 Å². The summed E-state index contributed by atoms with van der Waals surface area (Å²) in [5.74, 6) is -0.110. The molecule has 32 heavy (non-hydrogen) atoms. The standard InChI is InChI=1S/C24H30N4O3S/c1-2-6-16-13-19(27-23-20(16)21(25)22(32-23)24(30)31)28-11-9-17(10-12-28)26-14-18(29)15-7-4-3-5-8-15/h3-5,7-8,13,17-18,26,29H,2,6,9-12,14,25H2,1H3,(H,30,31)/t18-/m0/s1. The Morgan fingerprint density at radius 2 is 2.03 bits per heavy atom. The minimum Gasteiger partial charge on any atom is -0.477 e. The zero-order valence-corrected chi connectivity index (χ0v) is 19.1. The van der Waals surface area contributed by atoms with Gasteiger partial charge in [0.05, 0.1) is 11.8 Å². The van der Waals surface area contributed by atoms with Crippen LogP contribution in [-0.2, 0) is 6.42 Å². The van der Waals surface area contributed by atoms with Gasteiger partial charge >= 0.3 is 5.97 Å². The van der Waals surface area contributed by atoms with Gasteiger partial charge in [-0.25, -0.2) is 9.78 Å². The molecule has 1 atom stereocenters. The molecule has 7 nitrogen and oxygen atoms in total. The molecule has 0 saturated carbocycles. The second-order valence-electron chi connectivity index (χ2n) is 8.32. The summed E-state index contributed by atoms with van der Waals surface area (Å²) in [7, 11) is 0. The molecule has 3 heterocycles. The molecule has 1 aromatic carbocycles. The number of hydrogen-bond acceptors (Lipinski definition) is 7. The van der Waals surface area contributed by atoms with Crippen LogP contribution in [0.5, 0.6) is 0 Å². The predicted octanol–water partition coefficient (Wildman–Crippen LogP) is 3.82. The van der Waals surface area contributed by atoms with Gasteiger partial charge in [-0.1, -0.05) is 43.7 Å². The molecule has 3 aromatic rings. The molecule has 0 amide bonds. The maximum absolute atomic E-state index is 11.6. The van der Waals surface area contributed by atoms with E-state index in [1.807, 2.05) is 30.3 Å². The Morgan fingerprint density at radius 3 is 2.69 bits per heavy atom. The number of pyridine rings is 1. The number of aryl methyl sites for hydroxylation is 1. The quantitative estimate of drug-likeness (QED) is 0.409. The third-order valence-electron chi connectivity index (χ3n) is 6.08. The first-order chi connectivity index (χ1) is 15.5. The number of carbonyl (C=O) groups is 1. The number of benzene rings is 1. The molecule has 1 saturated heterocycles. The van der Waals surface area contributed by atoms with Crippen molar-refractivity contribution in [1.82, 2.24) is 10.3 Å². The minimum atomic E-state index is -1.00. The van der Waals surface area contributed by atoms with E-state index in [-0.39, 0.29) is 4.88 Å². The number of thiophene rings is 1. The van der Waals surface area contributed by atoms with Gasteiger partial charge in [0.2, 0.25) is 0 Å². The normalized spacial score (nSPS) is 15.9. The van der Waals surface area contributed by atoms with Crippen LogP contribution < -0.4 is 16.0 Å². The molecule has 1 aliphatic heterocycles. The van der Waals surface area contributed by atoms with Crippen LogP contribution in [0.1, 0.15) is 53.1 Å². The number of nitrogens with one attached hydrogen (secondary N) is 1. The van der Waals surface area contributed by atoms with Gasteiger partial charge in [-0.2, -0.15) is 0 Å². The summed E-state index contributed by atoms with van der Waals surface area (Å²) in [4.78, 5) is 19.5. The van der Waals surface area contributed by atoms with Gasteiger partial charge in [0.25, 0.3) is 0 Å². The maximum Gasteiger partial charge on any atom is 0.348 e. The number of carboxylic acid groups (broad SMARTS) is 1. The van der Waals surface area contributed by atoms with E-state index in [1.165, 1.54) is 0 Å². The third kappa shape index (κ3) is 4.72. The second kappa shape index (κ2) is 9.85. The first-order valence-electron chi connectivity index (χ1n) is 11.1. The summed E-state index contributed by atoms with van der Waals surface area (Å²) in [5.41, 5.74) is 8.49. The summed E-state index contributed by atoms with van der Waals surface area (Å²) in [6.07, 6.45) is 3.18. The summed E-state index contributed by atoms with van der Waals surface area (Å²) in [6, 6.07) is 12.1. The van der Waals surface area contributed by atoms with E-state index in [9.17, 15) is 15.0 Å². The summed E-state index contributed by atoms with van der Waals surface area (Å²) >= 11 is 1.16. The number of rotatable bonds is 8. The van der Waals surface area contributed by atoms with E-state index in [1.54, 1.807) is 0 Å². The number of fused-ring (bicyclic) bond motifs is 1. The lowest BCUT2D eigenvalue weighted by molar-refractivity contribution is 0.0703. The third-order valence-corrected chi connectivity index (χ3v) is 7.17. The Kier molecular flexibility index (Phi) is 6.93. The molecule has 1 aliphatic rings. The lowest BCUT2D eigenvalue weighted by atomic mass is 10.0. The van der Waals surface area contributed by atoms with Crippen molar-refractivity contribution in [2.75, 3.05) is 30.3 Å². The summed E-state index contributed by atoms with van der Waals surface area (Å²) < 4.78 is 0. The highest BCUT2D eigenvalue weighted by Gasteiger charge is 2.24. The molecule has 0 spiro atoms. The number of nitrogen functional groups attached to an aromatic ring is 1. The highest BCUT2D eigenvalue weighted by Crippen LogP contribution is 2.37. The fraction of sp³-hybridized carbons (Fsp3) is 0.417. The van der Waals surface area contributed by atoms with Gasteiger partial charge in [0, 0.05) is 31.1 Å². The zero-order chi connectivity index (χ0) is 22.7. The van der Waals surface area contributed by atoms with E-state index in [4.69, 9.17) is 10.7 Å². The van der Waals surface area contributed by atoms with Crippen LogP contribution in [0.25, 0.3) is 10.2 Å². The van der Waals surface area contributed by atoms with Crippen LogP contribution in [-0.4, -0.2) is 46.8 Å². The van der Waals surface area contributed by atoms with Crippen molar-refractivity contribution in [3.8, 4) is 0 Å². The topological polar surface area (TPSA) is 112 Å². The molecule has 0 bridgehead atoms. The Bertz CT molecular complexity index is 1080. The molecule has 170 valence electrons. The average molecular weight is 455 g/mol. The lowest BCUT2D eigenvalue weighted by Gasteiger charge is -2.34. The molecule has 8 heteroatoms. The number of aromatic carboxylic acids is 1. The minimum absolute atomic E-state index is 0.168. The fourth-order valence-corrected chi connectivity index (χ4v) is 5.33. The monoisotopic (exact) mass is 454 g/mol. The van der Waals surface area contributed by atoms with Crippen molar-refractivity contribution in [2.45, 2.75) is 44.8 Å². The molecule has 0 unspecified atom stereocenters. The van der Waals surface area contributed by atoms with E-state index >= 15 is 0 Å². The summed E-state index contributed by atoms with van der Waals surface area (Å²) in [5, 5.41) is 24.2. The average Bonchev–Trinajstić information content (AvgIpc) is 3.15. The lowest BCUT2D eigenvalue weighted by Crippen LogP contribution is -2.44. The highest BCUT2D eigenvalue weighted by atomic mass is 32.1. The number of carboxylic acids is 1. The molecule has 2 aromatic heterocycles. The number of nitrogens with two attached hydrogens (primary N) is 1. The van der Waals surface area contributed by atoms with Crippen molar-refractivity contribution in [1.29, 1.82) is 0 Å². The molecule has 4 rings (SSSR count). The molecule has 1 fully saturated rings. The molecular weight excluding hydrogens is 424 g/mol. The van der Waals surface area contributed by atoms with E-state index in [2.05, 4.69) is 23.2 Å². The Labute approximate surface area is 191 Å². The van der Waals surface area contributed by atoms with E-state index < -0.39 is 12.1 Å². The van der Waals surface area contributed by atoms with E-state index in [0.717, 1.165) is 72.4 Å². The SMILES string of the molecule is CCCc1cc(N2CCC(NC[C@H](O)c3ccccc3)CC2)nc2sc(C(=O)O)c(N)c12. The van der Waals surface area contributed by atoms with Crippen molar-refractivity contribution in [3.63, 3.8) is 0 Å². The number of aliphatic hydroxyl groups excluding tert-OH is 1. The number of aliphatic hydroxyl groups is 1. The van der Waals surface area contributed by atoms with Gasteiger partial charge in [0.15, 0.2) is 0 Å². The fourth-order valence-electron chi connectivity index (χ4n) is 4.36. The van der Waals surface area contributed by atoms with Crippen molar-refractivity contribution >= 4 is 39.0 Å². The molecule has 0 aliphatic carbocycles. The van der Waals surface area contributed by atoms with Crippen LogP contribution in [0.3, 0.4) is 0 Å². The first kappa shape index (κ1) is 22.5. The smallest absolute Gasteiger partial charge is 0.348 e. The molecular formula is C24H30N4O3S. The molecule has 0 radical (unpaired) electrons. The van der Waals surface area contributed by atoms with Crippen molar-refractivity contribution in [3.05, 3.63) is 52.4 Å². The van der Waals surface area contributed by atoms with Crippen LogP contribution in [0.15, 0.2) is 36.4 Å². The number of aromatic nitrogens is 1. The van der Waals surface area contributed by atoms with Gasteiger partial charge in [0.1, 0.15) is 15.5 Å². The second-order valence-corrected chi connectivity index (χ2v) is 9.31. The highest BCUT2D eigenvalue weighted by molar-refractivity contribution is 7.21. The van der Waals surface area contributed by atoms with Crippen molar-refractivity contribution < 1.29 is 15.0 Å². The Hall–Kier alpha value is -2.68. The molecule has 5 N–H and O–H groups in total. The number of hydrogen-bond donors (Lipinski definition) is 4. The van der Waals surface area contributed by atoms with Crippen molar-refractivity contribution in [2.24, 2.45) is 0 Å². The van der Waals surface area contributed by atoms with Gasteiger partial charge in [-0.05, 0) is 36.5 Å². The number of piperidine rings is 1. The zero-order valence-electron chi connectivity index (χ0n) is 18.3. The predicted molar refractivity (Wildman–Crippen MR) is 130 cm³/mol. The Morgan fingerprint density at radius 1 is 1.31 bits per heavy atom. The van der Waals surface area contributed by atoms with E-state index in [0.29, 0.717) is 23.1 Å². The Balaban J connectivity index is 1.43. The first-order valence-corrected chi connectivity index (χ1v) is 12.0.